The van der Waals surface area contributed by atoms with Crippen LogP contribution in [-0.2, 0) is 24.8 Å². The summed E-state index contributed by atoms with van der Waals surface area (Å²) in [7, 11) is 1.91. The summed E-state index contributed by atoms with van der Waals surface area (Å²) >= 11 is 0. The number of aromatic amines is 1. The fourth-order valence-corrected chi connectivity index (χ4v) is 4.37. The van der Waals surface area contributed by atoms with Crippen LogP contribution in [0.15, 0.2) is 18.7 Å². The van der Waals surface area contributed by atoms with Crippen LogP contribution in [0, 0.1) is 12.8 Å². The zero-order valence-electron chi connectivity index (χ0n) is 15.7. The minimum atomic E-state index is 0.293. The number of H-pyrrole nitrogens is 1. The van der Waals surface area contributed by atoms with Gasteiger partial charge in [0.05, 0.1) is 18.2 Å². The SMILES string of the molecule is Cc1[nH]cnc1CN1C[C@H]2CC[C@@H](C1)N(C(=O)CCc1cnn(C)c1)C2. The Labute approximate surface area is 154 Å². The van der Waals surface area contributed by atoms with Gasteiger partial charge in [0.2, 0.25) is 5.91 Å². The van der Waals surface area contributed by atoms with E-state index in [-0.39, 0.29) is 0 Å². The molecule has 0 aromatic carbocycles. The van der Waals surface area contributed by atoms with Crippen LogP contribution in [0.3, 0.4) is 0 Å². The van der Waals surface area contributed by atoms with Gasteiger partial charge in [0, 0.05) is 57.6 Å². The van der Waals surface area contributed by atoms with Gasteiger partial charge < -0.3 is 9.88 Å². The van der Waals surface area contributed by atoms with E-state index in [2.05, 4.69) is 31.8 Å². The Morgan fingerprint density at radius 1 is 1.31 bits per heavy atom. The molecule has 2 aromatic heterocycles. The maximum atomic E-state index is 12.9. The Bertz CT molecular complexity index is 766. The number of carbonyl (C=O) groups excluding carboxylic acids is 1. The van der Waals surface area contributed by atoms with E-state index >= 15 is 0 Å². The summed E-state index contributed by atoms with van der Waals surface area (Å²) in [4.78, 5) is 25.1. The highest BCUT2D eigenvalue weighted by molar-refractivity contribution is 5.77. The first-order valence-corrected chi connectivity index (χ1v) is 9.56. The van der Waals surface area contributed by atoms with Crippen molar-refractivity contribution in [2.75, 3.05) is 19.6 Å². The predicted molar refractivity (Wildman–Crippen MR) is 98.4 cm³/mol. The van der Waals surface area contributed by atoms with Gasteiger partial charge in [-0.05, 0) is 37.7 Å². The van der Waals surface area contributed by atoms with E-state index in [9.17, 15) is 4.79 Å². The summed E-state index contributed by atoms with van der Waals surface area (Å²) in [6, 6.07) is 0.342. The molecule has 7 heteroatoms. The highest BCUT2D eigenvalue weighted by atomic mass is 16.2. The topological polar surface area (TPSA) is 70.1 Å². The van der Waals surface area contributed by atoms with Gasteiger partial charge in [0.25, 0.3) is 0 Å². The molecule has 3 fully saturated rings. The normalized spacial score (nSPS) is 23.4. The van der Waals surface area contributed by atoms with Crippen molar-refractivity contribution in [1.82, 2.24) is 29.5 Å². The van der Waals surface area contributed by atoms with E-state index < -0.39 is 0 Å². The first-order chi connectivity index (χ1) is 12.6. The van der Waals surface area contributed by atoms with E-state index in [4.69, 9.17) is 0 Å². The van der Waals surface area contributed by atoms with Crippen LogP contribution in [0.5, 0.6) is 0 Å². The third-order valence-electron chi connectivity index (χ3n) is 5.80. The molecule has 3 saturated heterocycles. The first kappa shape index (κ1) is 17.3. The van der Waals surface area contributed by atoms with Crippen molar-refractivity contribution >= 4 is 5.91 Å². The van der Waals surface area contributed by atoms with Crippen molar-refractivity contribution in [3.63, 3.8) is 0 Å². The summed E-state index contributed by atoms with van der Waals surface area (Å²) in [5.74, 6) is 0.872. The number of fused-ring (bicyclic) bond motifs is 4. The molecule has 0 saturated carbocycles. The van der Waals surface area contributed by atoms with E-state index in [1.807, 2.05) is 19.4 Å². The number of aryl methyl sites for hydroxylation is 3. The molecule has 0 radical (unpaired) electrons. The number of piperidine rings is 1. The van der Waals surface area contributed by atoms with Gasteiger partial charge in [-0.1, -0.05) is 0 Å². The van der Waals surface area contributed by atoms with Gasteiger partial charge in [-0.15, -0.1) is 0 Å². The molecule has 0 aliphatic carbocycles. The fraction of sp³-hybridized carbons (Fsp3) is 0.632. The summed E-state index contributed by atoms with van der Waals surface area (Å²) in [6.07, 6.45) is 9.33. The fourth-order valence-electron chi connectivity index (χ4n) is 4.37. The van der Waals surface area contributed by atoms with Crippen LogP contribution in [-0.4, -0.2) is 61.1 Å². The zero-order valence-corrected chi connectivity index (χ0v) is 15.7. The minimum absolute atomic E-state index is 0.293. The van der Waals surface area contributed by atoms with Crippen LogP contribution < -0.4 is 0 Å². The zero-order chi connectivity index (χ0) is 18.1. The number of amides is 1. The average molecular weight is 356 g/mol. The number of hydrogen-bond donors (Lipinski definition) is 1. The van der Waals surface area contributed by atoms with E-state index in [1.54, 1.807) is 11.0 Å². The van der Waals surface area contributed by atoms with Crippen molar-refractivity contribution in [3.05, 3.63) is 35.7 Å². The molecule has 7 nitrogen and oxygen atoms in total. The summed E-state index contributed by atoms with van der Waals surface area (Å²) in [6.45, 7) is 5.88. The van der Waals surface area contributed by atoms with Crippen LogP contribution in [0.1, 0.15) is 36.2 Å². The van der Waals surface area contributed by atoms with Crippen molar-refractivity contribution in [3.8, 4) is 0 Å². The maximum absolute atomic E-state index is 12.9. The third kappa shape index (κ3) is 3.67. The quantitative estimate of drug-likeness (QED) is 0.882. The number of hydrogen-bond acceptors (Lipinski definition) is 4. The number of nitrogens with one attached hydrogen (secondary N) is 1. The lowest BCUT2D eigenvalue weighted by Gasteiger charge is -2.36. The van der Waals surface area contributed by atoms with Crippen molar-refractivity contribution in [1.29, 1.82) is 0 Å². The largest absolute Gasteiger partial charge is 0.348 e. The molecular formula is C19H28N6O. The van der Waals surface area contributed by atoms with Gasteiger partial charge >= 0.3 is 0 Å². The summed E-state index contributed by atoms with van der Waals surface area (Å²) in [5, 5.41) is 4.19. The molecule has 5 heterocycles. The lowest BCUT2D eigenvalue weighted by molar-refractivity contribution is -0.135. The average Bonchev–Trinajstić information content (AvgIpc) is 3.11. The number of aromatic nitrogens is 4. The lowest BCUT2D eigenvalue weighted by Crippen LogP contribution is -2.47. The second-order valence-corrected chi connectivity index (χ2v) is 7.83. The van der Waals surface area contributed by atoms with Crippen molar-refractivity contribution < 1.29 is 4.79 Å². The Morgan fingerprint density at radius 2 is 2.19 bits per heavy atom. The number of carbonyl (C=O) groups is 1. The Kier molecular flexibility index (Phi) is 4.80. The molecule has 3 aliphatic heterocycles. The number of nitrogens with zero attached hydrogens (tertiary/aromatic N) is 5. The van der Waals surface area contributed by atoms with E-state index in [0.717, 1.165) is 56.0 Å². The maximum Gasteiger partial charge on any atom is 0.223 e. The number of imidazole rings is 1. The minimum Gasteiger partial charge on any atom is -0.348 e. The molecule has 1 amide bonds. The highest BCUT2D eigenvalue weighted by Crippen LogP contribution is 2.29. The predicted octanol–water partition coefficient (Wildman–Crippen LogP) is 1.51. The van der Waals surface area contributed by atoms with Gasteiger partial charge in [-0.25, -0.2) is 4.98 Å². The molecule has 0 unspecified atom stereocenters. The van der Waals surface area contributed by atoms with Crippen LogP contribution in [0.4, 0.5) is 0 Å². The van der Waals surface area contributed by atoms with Crippen molar-refractivity contribution in [2.45, 2.75) is 45.2 Å². The second kappa shape index (κ2) is 7.23. The molecule has 2 aromatic rings. The summed E-state index contributed by atoms with van der Waals surface area (Å²) in [5.41, 5.74) is 3.41. The molecule has 26 heavy (non-hydrogen) atoms. The van der Waals surface area contributed by atoms with Crippen molar-refractivity contribution in [2.24, 2.45) is 13.0 Å². The van der Waals surface area contributed by atoms with Gasteiger partial charge in [0.15, 0.2) is 0 Å². The van der Waals surface area contributed by atoms with Gasteiger partial charge in [-0.3, -0.25) is 14.4 Å². The Balaban J connectivity index is 1.38. The molecule has 140 valence electrons. The molecule has 1 N–H and O–H groups in total. The van der Waals surface area contributed by atoms with Crippen LogP contribution >= 0.6 is 0 Å². The molecule has 2 atom stereocenters. The molecule has 2 bridgehead atoms. The third-order valence-corrected chi connectivity index (χ3v) is 5.80. The second-order valence-electron chi connectivity index (χ2n) is 7.83. The van der Waals surface area contributed by atoms with Gasteiger partial charge in [0.1, 0.15) is 0 Å². The monoisotopic (exact) mass is 356 g/mol. The van der Waals surface area contributed by atoms with E-state index in [0.29, 0.717) is 24.3 Å². The lowest BCUT2D eigenvalue weighted by atomic mass is 9.94. The summed E-state index contributed by atoms with van der Waals surface area (Å²) < 4.78 is 1.79. The van der Waals surface area contributed by atoms with Crippen LogP contribution in [0.2, 0.25) is 0 Å². The molecule has 3 aliphatic rings. The van der Waals surface area contributed by atoms with Gasteiger partial charge in [-0.2, -0.15) is 5.10 Å². The smallest absolute Gasteiger partial charge is 0.223 e. The Hall–Kier alpha value is -2.15. The van der Waals surface area contributed by atoms with Crippen LogP contribution in [0.25, 0.3) is 0 Å². The molecular weight excluding hydrogens is 328 g/mol. The first-order valence-electron chi connectivity index (χ1n) is 9.56. The molecule has 0 spiro atoms. The number of rotatable bonds is 5. The molecule has 5 rings (SSSR count). The Morgan fingerprint density at radius 3 is 2.92 bits per heavy atom. The van der Waals surface area contributed by atoms with E-state index in [1.165, 1.54) is 6.42 Å². The standard InChI is InChI=1S/C19H28N6O/c1-14-18(21-13-20-14)12-24-9-16-3-5-17(11-24)25(10-16)19(26)6-4-15-7-22-23(2)8-15/h7-8,13,16-17H,3-6,9-12H2,1-2H3,(H,20,21)/t16-,17+/m1/s1. The highest BCUT2D eigenvalue weighted by Gasteiger charge is 2.37.